The largest absolute Gasteiger partial charge is 0.384 e. The lowest BCUT2D eigenvalue weighted by Gasteiger charge is -2.00. The molecule has 2 nitrogen and oxygen atoms in total. The van der Waals surface area contributed by atoms with Gasteiger partial charge in [-0.25, -0.2) is 4.39 Å². The second kappa shape index (κ2) is 5.17. The smallest absolute Gasteiger partial charge is 0.189 e. The first-order valence-electron chi connectivity index (χ1n) is 4.34. The van der Waals surface area contributed by atoms with Gasteiger partial charge in [0, 0.05) is 19.7 Å². The highest BCUT2D eigenvalue weighted by Crippen LogP contribution is 1.99. The van der Waals surface area contributed by atoms with Crippen LogP contribution in [0.5, 0.6) is 0 Å². The molecular formula is C11H12FNO. The van der Waals surface area contributed by atoms with Gasteiger partial charge in [0.15, 0.2) is 11.6 Å². The first kappa shape index (κ1) is 10.4. The van der Waals surface area contributed by atoms with Crippen LogP contribution in [0.25, 0.3) is 0 Å². The lowest BCUT2D eigenvalue weighted by molar-refractivity contribution is -0.114. The number of benzene rings is 1. The zero-order chi connectivity index (χ0) is 10.4. The Morgan fingerprint density at radius 2 is 2.07 bits per heavy atom. The molecule has 1 aromatic rings. The van der Waals surface area contributed by atoms with Gasteiger partial charge in [-0.15, -0.1) is 0 Å². The molecule has 3 heteroatoms. The zero-order valence-electron chi connectivity index (χ0n) is 7.96. The van der Waals surface area contributed by atoms with Gasteiger partial charge in [-0.05, 0) is 5.56 Å². The van der Waals surface area contributed by atoms with Crippen LogP contribution in [-0.2, 0) is 11.3 Å². The van der Waals surface area contributed by atoms with Gasteiger partial charge in [-0.2, -0.15) is 0 Å². The molecule has 0 saturated carbocycles. The van der Waals surface area contributed by atoms with E-state index in [0.717, 1.165) is 11.8 Å². The quantitative estimate of drug-likeness (QED) is 0.742. The van der Waals surface area contributed by atoms with Gasteiger partial charge in [-0.3, -0.25) is 4.79 Å². The Bertz CT molecular complexity index is 332. The Hall–Kier alpha value is -1.64. The number of allylic oxidation sites excluding steroid dienone is 1. The number of rotatable bonds is 4. The van der Waals surface area contributed by atoms with Gasteiger partial charge in [0.1, 0.15) is 0 Å². The summed E-state index contributed by atoms with van der Waals surface area (Å²) < 4.78 is 12.7. The Balaban J connectivity index is 2.43. The molecule has 0 spiro atoms. The molecule has 1 rings (SSSR count). The highest BCUT2D eigenvalue weighted by molar-refractivity contribution is 5.90. The summed E-state index contributed by atoms with van der Waals surface area (Å²) in [6, 6.07) is 9.57. The van der Waals surface area contributed by atoms with E-state index in [1.54, 1.807) is 0 Å². The van der Waals surface area contributed by atoms with Crippen LogP contribution in [0, 0.1) is 0 Å². The van der Waals surface area contributed by atoms with Crippen molar-refractivity contribution in [1.82, 2.24) is 5.32 Å². The summed E-state index contributed by atoms with van der Waals surface area (Å²) in [5, 5.41) is 2.72. The van der Waals surface area contributed by atoms with Crippen molar-refractivity contribution in [1.29, 1.82) is 0 Å². The van der Waals surface area contributed by atoms with Crippen LogP contribution in [0.3, 0.4) is 0 Å². The maximum Gasteiger partial charge on any atom is 0.189 e. The minimum atomic E-state index is -0.749. The summed E-state index contributed by atoms with van der Waals surface area (Å²) in [5.74, 6) is -1.31. The predicted molar refractivity (Wildman–Crippen MR) is 53.2 cm³/mol. The molecule has 0 fully saturated rings. The summed E-state index contributed by atoms with van der Waals surface area (Å²) in [6.07, 6.45) is 1.09. The van der Waals surface area contributed by atoms with Crippen molar-refractivity contribution in [2.24, 2.45) is 0 Å². The molecule has 0 saturated heterocycles. The molecule has 1 N–H and O–H groups in total. The molecular weight excluding hydrogens is 181 g/mol. The van der Waals surface area contributed by atoms with Crippen LogP contribution in [0.4, 0.5) is 4.39 Å². The molecule has 1 aromatic carbocycles. The average molecular weight is 193 g/mol. The Kier molecular flexibility index (Phi) is 3.85. The lowest BCUT2D eigenvalue weighted by Crippen LogP contribution is -2.06. The van der Waals surface area contributed by atoms with Crippen LogP contribution in [-0.4, -0.2) is 5.78 Å². The Morgan fingerprint density at radius 3 is 2.64 bits per heavy atom. The molecule has 0 aliphatic carbocycles. The number of ketones is 1. The van der Waals surface area contributed by atoms with E-state index in [0.29, 0.717) is 6.54 Å². The van der Waals surface area contributed by atoms with Crippen molar-refractivity contribution in [3.8, 4) is 0 Å². The maximum absolute atomic E-state index is 12.7. The molecule has 0 aliphatic heterocycles. The normalized spacial score (nSPS) is 11.1. The van der Waals surface area contributed by atoms with Crippen molar-refractivity contribution in [2.45, 2.75) is 13.5 Å². The molecule has 0 unspecified atom stereocenters. The molecule has 0 aliphatic rings. The van der Waals surface area contributed by atoms with E-state index in [1.165, 1.54) is 6.92 Å². The summed E-state index contributed by atoms with van der Waals surface area (Å²) in [4.78, 5) is 10.5. The number of nitrogens with one attached hydrogen (secondary N) is 1. The van der Waals surface area contributed by atoms with Crippen LogP contribution in [0.1, 0.15) is 12.5 Å². The lowest BCUT2D eigenvalue weighted by atomic mass is 10.2. The highest BCUT2D eigenvalue weighted by atomic mass is 19.1. The van der Waals surface area contributed by atoms with E-state index in [1.807, 2.05) is 30.3 Å². The minimum absolute atomic E-state index is 0.515. The van der Waals surface area contributed by atoms with E-state index < -0.39 is 11.6 Å². The monoisotopic (exact) mass is 193 g/mol. The zero-order valence-corrected chi connectivity index (χ0v) is 7.96. The number of carbonyl (C=O) groups excluding carboxylic acids is 1. The number of hydrogen-bond donors (Lipinski definition) is 1. The predicted octanol–water partition coefficient (Wildman–Crippen LogP) is 2.18. The molecule has 0 radical (unpaired) electrons. The van der Waals surface area contributed by atoms with Crippen LogP contribution < -0.4 is 5.32 Å². The fraction of sp³-hybridized carbons (Fsp3) is 0.182. The molecule has 0 atom stereocenters. The van der Waals surface area contributed by atoms with Gasteiger partial charge in [0.05, 0.1) is 0 Å². The van der Waals surface area contributed by atoms with E-state index >= 15 is 0 Å². The molecule has 74 valence electrons. The maximum atomic E-state index is 12.7. The van der Waals surface area contributed by atoms with Gasteiger partial charge in [0.2, 0.25) is 0 Å². The fourth-order valence-electron chi connectivity index (χ4n) is 0.956. The third-order valence-electron chi connectivity index (χ3n) is 1.71. The summed E-state index contributed by atoms with van der Waals surface area (Å²) >= 11 is 0. The van der Waals surface area contributed by atoms with Gasteiger partial charge < -0.3 is 5.32 Å². The number of halogens is 1. The van der Waals surface area contributed by atoms with Crippen LogP contribution in [0.2, 0.25) is 0 Å². The Morgan fingerprint density at radius 1 is 1.43 bits per heavy atom. The van der Waals surface area contributed by atoms with E-state index in [2.05, 4.69) is 5.32 Å². The van der Waals surface area contributed by atoms with Gasteiger partial charge >= 0.3 is 0 Å². The number of Topliss-reactive ketones (excluding diaryl/α,β-unsaturated/α-hetero) is 1. The third kappa shape index (κ3) is 3.39. The van der Waals surface area contributed by atoms with Crippen LogP contribution >= 0.6 is 0 Å². The summed E-state index contributed by atoms with van der Waals surface area (Å²) in [7, 11) is 0. The number of hydrogen-bond acceptors (Lipinski definition) is 2. The second-order valence-corrected chi connectivity index (χ2v) is 2.91. The summed E-state index contributed by atoms with van der Waals surface area (Å²) in [6.45, 7) is 1.71. The van der Waals surface area contributed by atoms with Gasteiger partial charge in [0.25, 0.3) is 0 Å². The number of carbonyl (C=O) groups is 1. The fourth-order valence-corrected chi connectivity index (χ4v) is 0.956. The topological polar surface area (TPSA) is 29.1 Å². The minimum Gasteiger partial charge on any atom is -0.384 e. The van der Waals surface area contributed by atoms with E-state index in [4.69, 9.17) is 0 Å². The molecule has 0 heterocycles. The van der Waals surface area contributed by atoms with Crippen molar-refractivity contribution in [3.63, 3.8) is 0 Å². The van der Waals surface area contributed by atoms with Gasteiger partial charge in [-0.1, -0.05) is 30.3 Å². The SMILES string of the molecule is CC(=O)/C(F)=C\NCc1ccccc1. The van der Waals surface area contributed by atoms with Crippen molar-refractivity contribution < 1.29 is 9.18 Å². The van der Waals surface area contributed by atoms with Crippen molar-refractivity contribution in [2.75, 3.05) is 0 Å². The van der Waals surface area contributed by atoms with Crippen molar-refractivity contribution >= 4 is 5.78 Å². The first-order valence-corrected chi connectivity index (χ1v) is 4.34. The highest BCUT2D eigenvalue weighted by Gasteiger charge is 1.99. The second-order valence-electron chi connectivity index (χ2n) is 2.91. The standard InChI is InChI=1S/C11H12FNO/c1-9(14)11(12)8-13-7-10-5-3-2-4-6-10/h2-6,8,13H,7H2,1H3/b11-8+. The molecule has 0 bridgehead atoms. The Labute approximate surface area is 82.4 Å². The summed E-state index contributed by atoms with van der Waals surface area (Å²) in [5.41, 5.74) is 1.04. The molecule has 0 aromatic heterocycles. The van der Waals surface area contributed by atoms with E-state index in [9.17, 15) is 9.18 Å². The first-order chi connectivity index (χ1) is 6.70. The van der Waals surface area contributed by atoms with Crippen molar-refractivity contribution in [3.05, 3.63) is 47.9 Å². The average Bonchev–Trinajstić information content (AvgIpc) is 2.19. The molecule has 0 amide bonds. The van der Waals surface area contributed by atoms with E-state index in [-0.39, 0.29) is 0 Å². The van der Waals surface area contributed by atoms with Crippen LogP contribution in [0.15, 0.2) is 42.4 Å². The molecule has 14 heavy (non-hydrogen) atoms. The third-order valence-corrected chi connectivity index (χ3v) is 1.71.